The minimum atomic E-state index is -0.208. The SMILES string of the molecule is N#Cc1ccc(C(=O)NCCCOc2ncc(Cl)c(Cl)n2)cc1. The summed E-state index contributed by atoms with van der Waals surface area (Å²) in [4.78, 5) is 19.6. The van der Waals surface area contributed by atoms with E-state index >= 15 is 0 Å². The maximum absolute atomic E-state index is 11.9. The van der Waals surface area contributed by atoms with E-state index in [-0.39, 0.29) is 22.1 Å². The summed E-state index contributed by atoms with van der Waals surface area (Å²) in [6.45, 7) is 0.756. The number of amides is 1. The van der Waals surface area contributed by atoms with Crippen LogP contribution in [0.15, 0.2) is 30.5 Å². The highest BCUT2D eigenvalue weighted by Gasteiger charge is 2.06. The van der Waals surface area contributed by atoms with Gasteiger partial charge in [0.2, 0.25) is 0 Å². The summed E-state index contributed by atoms with van der Waals surface area (Å²) in [7, 11) is 0. The van der Waals surface area contributed by atoms with E-state index in [1.54, 1.807) is 24.3 Å². The fourth-order valence-electron chi connectivity index (χ4n) is 1.64. The molecule has 1 aromatic carbocycles. The van der Waals surface area contributed by atoms with Gasteiger partial charge in [0.1, 0.15) is 0 Å². The summed E-state index contributed by atoms with van der Waals surface area (Å²) in [5.41, 5.74) is 1.01. The van der Waals surface area contributed by atoms with Crippen molar-refractivity contribution < 1.29 is 9.53 Å². The number of aromatic nitrogens is 2. The van der Waals surface area contributed by atoms with Crippen LogP contribution >= 0.6 is 23.2 Å². The molecule has 0 spiro atoms. The van der Waals surface area contributed by atoms with E-state index in [1.165, 1.54) is 6.20 Å². The van der Waals surface area contributed by atoms with Crippen LogP contribution in [0.5, 0.6) is 6.01 Å². The van der Waals surface area contributed by atoms with E-state index in [4.69, 9.17) is 33.2 Å². The summed E-state index contributed by atoms with van der Waals surface area (Å²) < 4.78 is 5.31. The Labute approximate surface area is 143 Å². The minimum absolute atomic E-state index is 0.130. The number of rotatable bonds is 6. The highest BCUT2D eigenvalue weighted by Crippen LogP contribution is 2.19. The Morgan fingerprint density at radius 3 is 2.70 bits per heavy atom. The molecule has 2 aromatic rings. The maximum Gasteiger partial charge on any atom is 0.317 e. The molecule has 1 N–H and O–H groups in total. The average molecular weight is 351 g/mol. The van der Waals surface area contributed by atoms with Crippen LogP contribution in [0.2, 0.25) is 10.2 Å². The standard InChI is InChI=1S/C15H12Cl2N4O2/c16-12-9-20-15(21-13(12)17)23-7-1-6-19-14(22)11-4-2-10(8-18)3-5-11/h2-5,9H,1,6-7H2,(H,19,22). The molecule has 1 amide bonds. The van der Waals surface area contributed by atoms with Gasteiger partial charge in [-0.15, -0.1) is 0 Å². The number of carbonyl (C=O) groups is 1. The molecule has 0 bridgehead atoms. The fourth-order valence-corrected chi connectivity index (χ4v) is 1.85. The van der Waals surface area contributed by atoms with Crippen molar-refractivity contribution in [1.29, 1.82) is 5.26 Å². The van der Waals surface area contributed by atoms with Crippen LogP contribution in [0.3, 0.4) is 0 Å². The van der Waals surface area contributed by atoms with E-state index < -0.39 is 0 Å². The number of nitriles is 1. The lowest BCUT2D eigenvalue weighted by Gasteiger charge is -2.07. The molecule has 0 aliphatic carbocycles. The highest BCUT2D eigenvalue weighted by molar-refractivity contribution is 6.41. The number of benzene rings is 1. The molecule has 0 saturated heterocycles. The van der Waals surface area contributed by atoms with Gasteiger partial charge < -0.3 is 10.1 Å². The van der Waals surface area contributed by atoms with Gasteiger partial charge in [-0.3, -0.25) is 4.79 Å². The monoisotopic (exact) mass is 350 g/mol. The third kappa shape index (κ3) is 5.09. The average Bonchev–Trinajstić information content (AvgIpc) is 2.57. The molecule has 0 saturated carbocycles. The molecule has 0 radical (unpaired) electrons. The predicted molar refractivity (Wildman–Crippen MR) is 85.7 cm³/mol. The van der Waals surface area contributed by atoms with Gasteiger partial charge in [-0.05, 0) is 30.7 Å². The van der Waals surface area contributed by atoms with Crippen molar-refractivity contribution in [2.75, 3.05) is 13.2 Å². The smallest absolute Gasteiger partial charge is 0.317 e. The molecule has 0 aliphatic heterocycles. The molecule has 2 rings (SSSR count). The predicted octanol–water partition coefficient (Wildman–Crippen LogP) is 2.85. The van der Waals surface area contributed by atoms with Crippen molar-refractivity contribution in [2.24, 2.45) is 0 Å². The molecule has 1 aromatic heterocycles. The quantitative estimate of drug-likeness (QED) is 0.639. The largest absolute Gasteiger partial charge is 0.463 e. The Morgan fingerprint density at radius 1 is 1.30 bits per heavy atom. The fraction of sp³-hybridized carbons (Fsp3) is 0.200. The summed E-state index contributed by atoms with van der Waals surface area (Å²) in [5.74, 6) is -0.208. The number of hydrogen-bond acceptors (Lipinski definition) is 5. The van der Waals surface area contributed by atoms with Crippen LogP contribution < -0.4 is 10.1 Å². The summed E-state index contributed by atoms with van der Waals surface area (Å²) >= 11 is 11.4. The van der Waals surface area contributed by atoms with Gasteiger partial charge in [0, 0.05) is 12.1 Å². The topological polar surface area (TPSA) is 87.9 Å². The van der Waals surface area contributed by atoms with Gasteiger partial charge in [-0.25, -0.2) is 4.98 Å². The lowest BCUT2D eigenvalue weighted by atomic mass is 10.1. The Kier molecular flexibility index (Phi) is 6.15. The molecule has 8 heteroatoms. The van der Waals surface area contributed by atoms with Crippen LogP contribution in [0, 0.1) is 11.3 Å². The van der Waals surface area contributed by atoms with Crippen molar-refractivity contribution in [3.05, 3.63) is 51.8 Å². The van der Waals surface area contributed by atoms with Crippen LogP contribution in [0.4, 0.5) is 0 Å². The lowest BCUT2D eigenvalue weighted by Crippen LogP contribution is -2.25. The number of ether oxygens (including phenoxy) is 1. The number of nitrogens with zero attached hydrogens (tertiary/aromatic N) is 3. The molecular weight excluding hydrogens is 339 g/mol. The van der Waals surface area contributed by atoms with Crippen molar-refractivity contribution in [2.45, 2.75) is 6.42 Å². The zero-order chi connectivity index (χ0) is 16.7. The zero-order valence-corrected chi connectivity index (χ0v) is 13.4. The highest BCUT2D eigenvalue weighted by atomic mass is 35.5. The lowest BCUT2D eigenvalue weighted by molar-refractivity contribution is 0.0951. The molecule has 23 heavy (non-hydrogen) atoms. The van der Waals surface area contributed by atoms with E-state index in [1.807, 2.05) is 6.07 Å². The molecule has 118 valence electrons. The molecule has 1 heterocycles. The minimum Gasteiger partial charge on any atom is -0.463 e. The van der Waals surface area contributed by atoms with E-state index in [9.17, 15) is 4.79 Å². The number of carbonyl (C=O) groups excluding carboxylic acids is 1. The summed E-state index contributed by atoms with van der Waals surface area (Å²) in [5, 5.41) is 11.8. The van der Waals surface area contributed by atoms with Gasteiger partial charge in [0.05, 0.1) is 29.5 Å². The molecule has 0 unspecified atom stereocenters. The van der Waals surface area contributed by atoms with Crippen molar-refractivity contribution in [3.8, 4) is 12.1 Å². The third-order valence-corrected chi connectivity index (χ3v) is 3.45. The number of halogens is 2. The first-order valence-electron chi connectivity index (χ1n) is 6.69. The second-order valence-electron chi connectivity index (χ2n) is 4.44. The van der Waals surface area contributed by atoms with E-state index in [2.05, 4.69) is 15.3 Å². The van der Waals surface area contributed by atoms with E-state index in [0.29, 0.717) is 30.7 Å². The normalized spacial score (nSPS) is 9.96. The first-order valence-corrected chi connectivity index (χ1v) is 7.45. The first-order chi connectivity index (χ1) is 11.1. The molecule has 0 aliphatic rings. The Bertz CT molecular complexity index is 729. The third-order valence-electron chi connectivity index (χ3n) is 2.79. The van der Waals surface area contributed by atoms with Gasteiger partial charge in [-0.1, -0.05) is 23.2 Å². The van der Waals surface area contributed by atoms with Crippen LogP contribution in [0.25, 0.3) is 0 Å². The molecule has 0 atom stereocenters. The van der Waals surface area contributed by atoms with Gasteiger partial charge in [0.25, 0.3) is 5.91 Å². The molecule has 0 fully saturated rings. The van der Waals surface area contributed by atoms with Crippen LogP contribution in [0.1, 0.15) is 22.3 Å². The maximum atomic E-state index is 11.9. The van der Waals surface area contributed by atoms with Gasteiger partial charge in [-0.2, -0.15) is 10.2 Å². The molecule has 6 nitrogen and oxygen atoms in total. The van der Waals surface area contributed by atoms with Crippen LogP contribution in [-0.4, -0.2) is 29.0 Å². The Hall–Kier alpha value is -2.36. The van der Waals surface area contributed by atoms with Gasteiger partial charge in [0.15, 0.2) is 5.15 Å². The number of nitrogens with one attached hydrogen (secondary N) is 1. The first kappa shape index (κ1) is 17.0. The van der Waals surface area contributed by atoms with Crippen molar-refractivity contribution in [1.82, 2.24) is 15.3 Å². The second-order valence-corrected chi connectivity index (χ2v) is 5.20. The summed E-state index contributed by atoms with van der Waals surface area (Å²) in [6, 6.07) is 8.54. The Morgan fingerprint density at radius 2 is 2.04 bits per heavy atom. The van der Waals surface area contributed by atoms with E-state index in [0.717, 1.165) is 0 Å². The Balaban J connectivity index is 1.71. The van der Waals surface area contributed by atoms with Crippen molar-refractivity contribution in [3.63, 3.8) is 0 Å². The van der Waals surface area contributed by atoms with Crippen LogP contribution in [-0.2, 0) is 0 Å². The number of hydrogen-bond donors (Lipinski definition) is 1. The molecular formula is C15H12Cl2N4O2. The van der Waals surface area contributed by atoms with Gasteiger partial charge >= 0.3 is 6.01 Å². The zero-order valence-electron chi connectivity index (χ0n) is 11.9. The van der Waals surface area contributed by atoms with Crippen molar-refractivity contribution >= 4 is 29.1 Å². The summed E-state index contributed by atoms with van der Waals surface area (Å²) in [6.07, 6.45) is 1.94. The second kappa shape index (κ2) is 8.32.